The van der Waals surface area contributed by atoms with Crippen LogP contribution in [0.4, 0.5) is 0 Å². The van der Waals surface area contributed by atoms with Crippen molar-refractivity contribution in [3.8, 4) is 11.5 Å². The average molecular weight is 342 g/mol. The van der Waals surface area contributed by atoms with Crippen LogP contribution in [0.25, 0.3) is 0 Å². The lowest BCUT2D eigenvalue weighted by Gasteiger charge is -2.25. The summed E-state index contributed by atoms with van der Waals surface area (Å²) in [5, 5.41) is 11.4. The van der Waals surface area contributed by atoms with E-state index in [1.165, 1.54) is 0 Å². The van der Waals surface area contributed by atoms with Gasteiger partial charge in [0, 0.05) is 19.0 Å². The van der Waals surface area contributed by atoms with Gasteiger partial charge in [-0.1, -0.05) is 6.07 Å². The van der Waals surface area contributed by atoms with Gasteiger partial charge in [0.05, 0.1) is 19.6 Å². The van der Waals surface area contributed by atoms with Crippen LogP contribution in [0.5, 0.6) is 11.5 Å². The molecule has 0 saturated heterocycles. The second-order valence-electron chi connectivity index (χ2n) is 6.54. The summed E-state index contributed by atoms with van der Waals surface area (Å²) in [4.78, 5) is 12.5. The van der Waals surface area contributed by atoms with Crippen molar-refractivity contribution in [2.45, 2.75) is 38.8 Å². The molecule has 1 aromatic carbocycles. The lowest BCUT2D eigenvalue weighted by Crippen LogP contribution is -2.37. The van der Waals surface area contributed by atoms with Crippen molar-refractivity contribution < 1.29 is 14.3 Å². The Morgan fingerprint density at radius 2 is 2.32 bits per heavy atom. The van der Waals surface area contributed by atoms with E-state index in [1.807, 2.05) is 18.2 Å². The Morgan fingerprint density at radius 1 is 1.40 bits per heavy atom. The van der Waals surface area contributed by atoms with Crippen LogP contribution >= 0.6 is 0 Å². The number of methoxy groups -OCH3 is 1. The van der Waals surface area contributed by atoms with Crippen LogP contribution in [0.3, 0.4) is 0 Å². The van der Waals surface area contributed by atoms with Crippen LogP contribution in [0, 0.1) is 5.92 Å². The molecule has 2 aliphatic rings. The van der Waals surface area contributed by atoms with Crippen molar-refractivity contribution in [1.82, 2.24) is 20.1 Å². The summed E-state index contributed by atoms with van der Waals surface area (Å²) in [6, 6.07) is 5.72. The standard InChI is InChI=1S/C18H22N4O3/c1-24-14-6-5-12-8-13(11-25-15(12)9-14)18(23)19-10-17-21-20-16-4-2-3-7-22(16)17/h5-6,9,13H,2-4,7-8,10-11H2,1H3,(H,19,23)/t13-/m0/s1. The highest BCUT2D eigenvalue weighted by Gasteiger charge is 2.26. The summed E-state index contributed by atoms with van der Waals surface area (Å²) in [5.41, 5.74) is 1.03. The zero-order valence-electron chi connectivity index (χ0n) is 14.3. The Bertz CT molecular complexity index is 787. The largest absolute Gasteiger partial charge is 0.497 e. The maximum Gasteiger partial charge on any atom is 0.227 e. The number of aromatic nitrogens is 3. The van der Waals surface area contributed by atoms with Crippen molar-refractivity contribution >= 4 is 5.91 Å². The summed E-state index contributed by atoms with van der Waals surface area (Å²) >= 11 is 0. The van der Waals surface area contributed by atoms with Crippen molar-refractivity contribution in [3.05, 3.63) is 35.4 Å². The first-order valence-electron chi connectivity index (χ1n) is 8.73. The van der Waals surface area contributed by atoms with Crippen LogP contribution in [-0.4, -0.2) is 34.4 Å². The van der Waals surface area contributed by atoms with E-state index in [0.29, 0.717) is 19.6 Å². The second-order valence-corrected chi connectivity index (χ2v) is 6.54. The third-order valence-corrected chi connectivity index (χ3v) is 4.91. The highest BCUT2D eigenvalue weighted by molar-refractivity contribution is 5.79. The van der Waals surface area contributed by atoms with E-state index in [4.69, 9.17) is 9.47 Å². The van der Waals surface area contributed by atoms with E-state index in [9.17, 15) is 4.79 Å². The highest BCUT2D eigenvalue weighted by Crippen LogP contribution is 2.31. The molecule has 1 atom stereocenters. The third-order valence-electron chi connectivity index (χ3n) is 4.91. The molecule has 0 aliphatic carbocycles. The van der Waals surface area contributed by atoms with E-state index in [-0.39, 0.29) is 11.8 Å². The molecule has 0 spiro atoms. The molecule has 1 amide bonds. The lowest BCUT2D eigenvalue weighted by atomic mass is 9.96. The van der Waals surface area contributed by atoms with Crippen LogP contribution < -0.4 is 14.8 Å². The fourth-order valence-corrected chi connectivity index (χ4v) is 3.46. The smallest absolute Gasteiger partial charge is 0.227 e. The molecular weight excluding hydrogens is 320 g/mol. The molecule has 0 fully saturated rings. The molecule has 0 saturated carbocycles. The maximum absolute atomic E-state index is 12.5. The van der Waals surface area contributed by atoms with Crippen LogP contribution in [0.15, 0.2) is 18.2 Å². The molecule has 0 unspecified atom stereocenters. The number of benzene rings is 1. The lowest BCUT2D eigenvalue weighted by molar-refractivity contribution is -0.126. The molecule has 25 heavy (non-hydrogen) atoms. The van der Waals surface area contributed by atoms with Gasteiger partial charge in [-0.3, -0.25) is 4.79 Å². The number of ether oxygens (including phenoxy) is 2. The number of hydrogen-bond donors (Lipinski definition) is 1. The van der Waals surface area contributed by atoms with E-state index in [0.717, 1.165) is 54.5 Å². The Balaban J connectivity index is 1.38. The number of carbonyl (C=O) groups is 1. The van der Waals surface area contributed by atoms with Crippen molar-refractivity contribution in [2.75, 3.05) is 13.7 Å². The van der Waals surface area contributed by atoms with Crippen LogP contribution in [0.1, 0.15) is 30.1 Å². The van der Waals surface area contributed by atoms with Crippen molar-refractivity contribution in [3.63, 3.8) is 0 Å². The van der Waals surface area contributed by atoms with Gasteiger partial charge in [0.2, 0.25) is 5.91 Å². The fourth-order valence-electron chi connectivity index (χ4n) is 3.46. The van der Waals surface area contributed by atoms with Crippen molar-refractivity contribution in [2.24, 2.45) is 5.92 Å². The molecule has 0 radical (unpaired) electrons. The third kappa shape index (κ3) is 3.18. The van der Waals surface area contributed by atoms with Gasteiger partial charge in [0.25, 0.3) is 0 Å². The average Bonchev–Trinajstić information content (AvgIpc) is 3.08. The summed E-state index contributed by atoms with van der Waals surface area (Å²) in [5.74, 6) is 3.23. The number of aryl methyl sites for hydroxylation is 1. The normalized spacial score (nSPS) is 18.7. The van der Waals surface area contributed by atoms with E-state index in [2.05, 4.69) is 20.1 Å². The molecular formula is C18H22N4O3. The van der Waals surface area contributed by atoms with Crippen LogP contribution in [0.2, 0.25) is 0 Å². The number of hydrogen-bond acceptors (Lipinski definition) is 5. The first-order valence-corrected chi connectivity index (χ1v) is 8.73. The number of fused-ring (bicyclic) bond motifs is 2. The minimum Gasteiger partial charge on any atom is -0.497 e. The van der Waals surface area contributed by atoms with E-state index >= 15 is 0 Å². The van der Waals surface area contributed by atoms with Gasteiger partial charge < -0.3 is 19.4 Å². The van der Waals surface area contributed by atoms with Gasteiger partial charge in [-0.2, -0.15) is 0 Å². The van der Waals surface area contributed by atoms with Gasteiger partial charge in [-0.15, -0.1) is 10.2 Å². The number of rotatable bonds is 4. The molecule has 2 aliphatic heterocycles. The molecule has 1 N–H and O–H groups in total. The van der Waals surface area contributed by atoms with Gasteiger partial charge in [-0.05, 0) is 30.9 Å². The zero-order valence-corrected chi connectivity index (χ0v) is 14.3. The Labute approximate surface area is 146 Å². The zero-order chi connectivity index (χ0) is 17.2. The number of carbonyl (C=O) groups excluding carboxylic acids is 1. The Hall–Kier alpha value is -2.57. The minimum atomic E-state index is -0.190. The van der Waals surface area contributed by atoms with E-state index < -0.39 is 0 Å². The fraction of sp³-hybridized carbons (Fsp3) is 0.500. The van der Waals surface area contributed by atoms with Gasteiger partial charge in [0.15, 0.2) is 5.82 Å². The summed E-state index contributed by atoms with van der Waals surface area (Å²) in [6.07, 6.45) is 3.94. The highest BCUT2D eigenvalue weighted by atomic mass is 16.5. The van der Waals surface area contributed by atoms with E-state index in [1.54, 1.807) is 7.11 Å². The molecule has 7 nitrogen and oxygen atoms in total. The number of amides is 1. The summed E-state index contributed by atoms with van der Waals surface area (Å²) in [7, 11) is 1.63. The number of nitrogens with one attached hydrogen (secondary N) is 1. The SMILES string of the molecule is COc1ccc2c(c1)OC[C@@H](C(=O)NCc1nnc3n1CCCC3)C2. The minimum absolute atomic E-state index is 0.00497. The molecule has 4 rings (SSSR count). The van der Waals surface area contributed by atoms with Crippen molar-refractivity contribution in [1.29, 1.82) is 0 Å². The molecule has 2 aromatic rings. The molecule has 0 bridgehead atoms. The van der Waals surface area contributed by atoms with Gasteiger partial charge in [0.1, 0.15) is 23.9 Å². The number of nitrogens with zero attached hydrogens (tertiary/aromatic N) is 3. The first kappa shape index (κ1) is 15.9. The topological polar surface area (TPSA) is 78.3 Å². The predicted octanol–water partition coefficient (Wildman–Crippen LogP) is 1.49. The second kappa shape index (κ2) is 6.74. The molecule has 1 aromatic heterocycles. The molecule has 7 heteroatoms. The molecule has 3 heterocycles. The summed E-state index contributed by atoms with van der Waals surface area (Å²) in [6.45, 7) is 1.73. The predicted molar refractivity (Wildman–Crippen MR) is 90.5 cm³/mol. The monoisotopic (exact) mass is 342 g/mol. The van der Waals surface area contributed by atoms with Gasteiger partial charge >= 0.3 is 0 Å². The Morgan fingerprint density at radius 3 is 3.20 bits per heavy atom. The Kier molecular flexibility index (Phi) is 4.29. The first-order chi connectivity index (χ1) is 12.2. The van der Waals surface area contributed by atoms with Gasteiger partial charge in [-0.25, -0.2) is 0 Å². The van der Waals surface area contributed by atoms with Crippen LogP contribution in [-0.2, 0) is 30.7 Å². The molecule has 132 valence electrons. The summed E-state index contributed by atoms with van der Waals surface area (Å²) < 4.78 is 13.1. The maximum atomic E-state index is 12.5. The quantitative estimate of drug-likeness (QED) is 0.911.